The second-order valence-electron chi connectivity index (χ2n) is 8.41. The minimum Gasteiger partial charge on any atom is -0.482 e. The molecular formula is C23H24Cl2FN5O2. The van der Waals surface area contributed by atoms with Gasteiger partial charge < -0.3 is 15.4 Å². The molecule has 1 fully saturated rings. The lowest BCUT2D eigenvalue weighted by molar-refractivity contribution is -0.130. The van der Waals surface area contributed by atoms with Gasteiger partial charge in [0, 0.05) is 60.7 Å². The van der Waals surface area contributed by atoms with Crippen LogP contribution in [0.4, 0.5) is 10.2 Å². The Bertz CT molecular complexity index is 1200. The number of nitrogen functional groups attached to an aromatic ring is 1. The molecule has 2 N–H and O–H groups in total. The Labute approximate surface area is 201 Å². The van der Waals surface area contributed by atoms with E-state index < -0.39 is 11.9 Å². The van der Waals surface area contributed by atoms with Gasteiger partial charge in [-0.25, -0.2) is 9.37 Å². The lowest BCUT2D eigenvalue weighted by Crippen LogP contribution is -2.24. The summed E-state index contributed by atoms with van der Waals surface area (Å²) in [7, 11) is 3.54. The van der Waals surface area contributed by atoms with Gasteiger partial charge in [-0.3, -0.25) is 9.48 Å². The third-order valence-electron chi connectivity index (χ3n) is 5.74. The van der Waals surface area contributed by atoms with Crippen molar-refractivity contribution in [3.8, 4) is 16.9 Å². The zero-order valence-corrected chi connectivity index (χ0v) is 19.9. The summed E-state index contributed by atoms with van der Waals surface area (Å²) in [5.41, 5.74) is 7.94. The largest absolute Gasteiger partial charge is 0.482 e. The van der Waals surface area contributed by atoms with Crippen molar-refractivity contribution in [3.05, 3.63) is 58.2 Å². The van der Waals surface area contributed by atoms with Gasteiger partial charge in [0.15, 0.2) is 11.6 Å². The van der Waals surface area contributed by atoms with Crippen LogP contribution in [0.3, 0.4) is 0 Å². The molecule has 7 nitrogen and oxygen atoms in total. The number of hydrogen-bond donors (Lipinski definition) is 1. The number of carbonyl (C=O) groups excluding carboxylic acids is 1. The molecule has 2 heterocycles. The molecule has 4 rings (SSSR count). The second-order valence-corrected chi connectivity index (χ2v) is 9.20. The fraction of sp³-hybridized carbons (Fsp3) is 0.348. The van der Waals surface area contributed by atoms with Gasteiger partial charge in [0.05, 0.1) is 11.2 Å². The van der Waals surface area contributed by atoms with Crippen molar-refractivity contribution in [2.45, 2.75) is 26.0 Å². The Kier molecular flexibility index (Phi) is 6.50. The van der Waals surface area contributed by atoms with Crippen molar-refractivity contribution in [2.24, 2.45) is 11.8 Å². The smallest absolute Gasteiger partial charge is 0.225 e. The molecule has 1 amide bonds. The molecule has 0 spiro atoms. The Hall–Kier alpha value is -2.84. The van der Waals surface area contributed by atoms with Gasteiger partial charge in [0.25, 0.3) is 0 Å². The van der Waals surface area contributed by atoms with Crippen LogP contribution >= 0.6 is 23.2 Å². The van der Waals surface area contributed by atoms with Crippen LogP contribution in [-0.4, -0.2) is 39.7 Å². The van der Waals surface area contributed by atoms with Gasteiger partial charge in [-0.05, 0) is 37.5 Å². The fourth-order valence-corrected chi connectivity index (χ4v) is 4.49. The summed E-state index contributed by atoms with van der Waals surface area (Å²) in [5, 5.41) is 4.62. The minimum absolute atomic E-state index is 0.0637. The number of pyridine rings is 1. The van der Waals surface area contributed by atoms with E-state index in [9.17, 15) is 9.18 Å². The molecule has 3 atom stereocenters. The highest BCUT2D eigenvalue weighted by Crippen LogP contribution is 2.41. The summed E-state index contributed by atoms with van der Waals surface area (Å²) in [4.78, 5) is 17.9. The molecule has 2 unspecified atom stereocenters. The van der Waals surface area contributed by atoms with E-state index in [1.165, 1.54) is 12.1 Å². The number of nitrogens with two attached hydrogens (primary N) is 1. The van der Waals surface area contributed by atoms with Crippen molar-refractivity contribution < 1.29 is 13.9 Å². The highest BCUT2D eigenvalue weighted by molar-refractivity contribution is 6.36. The fourth-order valence-electron chi connectivity index (χ4n) is 3.81. The van der Waals surface area contributed by atoms with E-state index in [1.807, 2.05) is 10.9 Å². The van der Waals surface area contributed by atoms with Crippen LogP contribution in [0.2, 0.25) is 10.0 Å². The average molecular weight is 492 g/mol. The first-order chi connectivity index (χ1) is 15.7. The zero-order valence-electron chi connectivity index (χ0n) is 18.4. The molecule has 0 saturated heterocycles. The molecule has 0 aliphatic heterocycles. The molecule has 10 heteroatoms. The third kappa shape index (κ3) is 4.91. The van der Waals surface area contributed by atoms with E-state index in [0.29, 0.717) is 22.9 Å². The second kappa shape index (κ2) is 9.19. The molecule has 3 aromatic rings. The predicted molar refractivity (Wildman–Crippen MR) is 126 cm³/mol. The van der Waals surface area contributed by atoms with Crippen LogP contribution in [0.15, 0.2) is 36.8 Å². The van der Waals surface area contributed by atoms with Crippen LogP contribution in [0.1, 0.15) is 25.0 Å². The highest BCUT2D eigenvalue weighted by Gasteiger charge is 2.43. The van der Waals surface area contributed by atoms with Gasteiger partial charge in [-0.1, -0.05) is 23.2 Å². The first-order valence-electron chi connectivity index (χ1n) is 10.4. The topological polar surface area (TPSA) is 86.3 Å². The van der Waals surface area contributed by atoms with Crippen LogP contribution in [-0.2, 0) is 11.3 Å². The van der Waals surface area contributed by atoms with E-state index in [2.05, 4.69) is 10.1 Å². The summed E-state index contributed by atoms with van der Waals surface area (Å²) in [5.74, 6) is 0.438. The number of rotatable bonds is 7. The SMILES string of the molecule is CC(Oc1cc(-c2cnn(CC3C[C@@H]3C(=O)N(C)C)c2)cnc1N)c1c(Cl)ccc(F)c1Cl. The maximum Gasteiger partial charge on any atom is 0.225 e. The van der Waals surface area contributed by atoms with Crippen LogP contribution in [0.5, 0.6) is 5.75 Å². The number of hydrogen-bond acceptors (Lipinski definition) is 5. The highest BCUT2D eigenvalue weighted by atomic mass is 35.5. The summed E-state index contributed by atoms with van der Waals surface area (Å²) >= 11 is 12.3. The van der Waals surface area contributed by atoms with Crippen molar-refractivity contribution in [1.29, 1.82) is 0 Å². The number of amides is 1. The predicted octanol–water partition coefficient (Wildman–Crippen LogP) is 4.84. The minimum atomic E-state index is -0.663. The van der Waals surface area contributed by atoms with Gasteiger partial charge in [0.2, 0.25) is 5.91 Å². The summed E-state index contributed by atoms with van der Waals surface area (Å²) in [6.45, 7) is 2.38. The first kappa shape index (κ1) is 23.3. The van der Waals surface area contributed by atoms with Gasteiger partial charge >= 0.3 is 0 Å². The lowest BCUT2D eigenvalue weighted by Gasteiger charge is -2.19. The molecule has 1 saturated carbocycles. The van der Waals surface area contributed by atoms with E-state index in [4.69, 9.17) is 33.7 Å². The first-order valence-corrected chi connectivity index (χ1v) is 11.2. The number of halogens is 3. The van der Waals surface area contributed by atoms with Crippen LogP contribution in [0, 0.1) is 17.7 Å². The maximum absolute atomic E-state index is 13.9. The average Bonchev–Trinajstić information content (AvgIpc) is 3.37. The van der Waals surface area contributed by atoms with Crippen LogP contribution in [0.25, 0.3) is 11.1 Å². The molecule has 174 valence electrons. The number of ether oxygens (including phenoxy) is 1. The standard InChI is InChI=1S/C23H24Cl2FN5O2/c1-12(20-17(24)4-5-18(26)21(20)25)33-19-7-13(8-28-22(19)27)15-9-29-31(11-15)10-14-6-16(14)23(32)30(2)3/h4-5,7-9,11-12,14,16H,6,10H2,1-3H3,(H2,27,28)/t12?,14?,16-/m0/s1. The van der Waals surface area contributed by atoms with Crippen molar-refractivity contribution in [3.63, 3.8) is 0 Å². The molecule has 33 heavy (non-hydrogen) atoms. The van der Waals surface area contributed by atoms with E-state index in [0.717, 1.165) is 17.5 Å². The molecule has 1 aromatic carbocycles. The summed E-state index contributed by atoms with van der Waals surface area (Å²) in [6.07, 6.45) is 5.47. The van der Waals surface area contributed by atoms with Crippen LogP contribution < -0.4 is 10.5 Å². The lowest BCUT2D eigenvalue weighted by atomic mass is 10.1. The number of anilines is 1. The molecule has 1 aliphatic carbocycles. The number of benzene rings is 1. The normalized spacial score (nSPS) is 18.1. The third-order valence-corrected chi connectivity index (χ3v) is 6.45. The van der Waals surface area contributed by atoms with Gasteiger partial charge in [-0.2, -0.15) is 5.10 Å². The van der Waals surface area contributed by atoms with Crippen molar-refractivity contribution in [2.75, 3.05) is 19.8 Å². The Balaban J connectivity index is 1.49. The Morgan fingerprint density at radius 3 is 2.82 bits per heavy atom. The molecular weight excluding hydrogens is 468 g/mol. The molecule has 1 aliphatic rings. The molecule has 2 aromatic heterocycles. The number of nitrogens with zero attached hydrogens (tertiary/aromatic N) is 4. The van der Waals surface area contributed by atoms with E-state index in [-0.39, 0.29) is 28.6 Å². The molecule has 0 bridgehead atoms. The Morgan fingerprint density at radius 1 is 1.33 bits per heavy atom. The maximum atomic E-state index is 13.9. The van der Waals surface area contributed by atoms with E-state index in [1.54, 1.807) is 44.4 Å². The summed E-state index contributed by atoms with van der Waals surface area (Å²) in [6, 6.07) is 4.38. The summed E-state index contributed by atoms with van der Waals surface area (Å²) < 4.78 is 21.7. The molecule has 0 radical (unpaired) electrons. The Morgan fingerprint density at radius 2 is 2.09 bits per heavy atom. The van der Waals surface area contributed by atoms with E-state index >= 15 is 0 Å². The van der Waals surface area contributed by atoms with Crippen molar-refractivity contribution >= 4 is 34.9 Å². The quantitative estimate of drug-likeness (QED) is 0.478. The van der Waals surface area contributed by atoms with Crippen molar-refractivity contribution in [1.82, 2.24) is 19.7 Å². The number of aromatic nitrogens is 3. The zero-order chi connectivity index (χ0) is 23.9. The van der Waals surface area contributed by atoms with Gasteiger partial charge in [0.1, 0.15) is 11.9 Å². The van der Waals surface area contributed by atoms with Gasteiger partial charge in [-0.15, -0.1) is 0 Å². The number of carbonyl (C=O) groups is 1. The monoisotopic (exact) mass is 491 g/mol.